The molecular weight excluding hydrogens is 240 g/mol. The fraction of sp³-hybridized carbons (Fsp3) is 0.200. The molecular formula is C10H10N4S2. The molecule has 0 aliphatic carbocycles. The molecule has 0 unspecified atom stereocenters. The normalized spacial score (nSPS) is 11.1. The number of nitrogens with zero attached hydrogens (tertiary/aromatic N) is 2. The summed E-state index contributed by atoms with van der Waals surface area (Å²) in [6, 6.07) is 4.20. The number of hydrogen-bond acceptors (Lipinski definition) is 6. The molecule has 6 heteroatoms. The van der Waals surface area contributed by atoms with Gasteiger partial charge in [-0.15, -0.1) is 0 Å². The lowest BCUT2D eigenvalue weighted by molar-refractivity contribution is 1.41. The van der Waals surface area contributed by atoms with Crippen LogP contribution in [0.2, 0.25) is 0 Å². The molecule has 2 heterocycles. The van der Waals surface area contributed by atoms with Gasteiger partial charge in [0.05, 0.1) is 20.4 Å². The van der Waals surface area contributed by atoms with Gasteiger partial charge in [0.1, 0.15) is 0 Å². The molecule has 2 N–H and O–H groups in total. The summed E-state index contributed by atoms with van der Waals surface area (Å²) in [5, 5.41) is 8.02. The van der Waals surface area contributed by atoms with Crippen LogP contribution in [0.3, 0.4) is 0 Å². The Morgan fingerprint density at radius 3 is 1.69 bits per heavy atom. The standard InChI is InChI=1S/C10H10N4S2/c1-11-9-13-5-3-8-6(4-7(5)15-9)14-10(12-2)16-8/h3-4H,1-2H3,(H,11,13)(H,12,14). The van der Waals surface area contributed by atoms with Gasteiger partial charge in [0.2, 0.25) is 0 Å². The van der Waals surface area contributed by atoms with Crippen molar-refractivity contribution >= 4 is 53.4 Å². The fourth-order valence-corrected chi connectivity index (χ4v) is 3.23. The van der Waals surface area contributed by atoms with E-state index in [2.05, 4.69) is 32.7 Å². The van der Waals surface area contributed by atoms with Crippen molar-refractivity contribution in [3.05, 3.63) is 12.1 Å². The Hall–Kier alpha value is -1.40. The third-order valence-corrected chi connectivity index (χ3v) is 4.40. The van der Waals surface area contributed by atoms with Crippen molar-refractivity contribution < 1.29 is 0 Å². The number of rotatable bonds is 2. The van der Waals surface area contributed by atoms with E-state index in [1.165, 1.54) is 9.40 Å². The molecule has 0 bridgehead atoms. The van der Waals surface area contributed by atoms with Gasteiger partial charge in [0.15, 0.2) is 10.3 Å². The maximum absolute atomic E-state index is 4.48. The Morgan fingerprint density at radius 1 is 0.875 bits per heavy atom. The second kappa shape index (κ2) is 3.57. The van der Waals surface area contributed by atoms with Crippen LogP contribution in [0.15, 0.2) is 12.1 Å². The van der Waals surface area contributed by atoms with Crippen molar-refractivity contribution in [2.24, 2.45) is 0 Å². The van der Waals surface area contributed by atoms with Crippen LogP contribution in [-0.2, 0) is 0 Å². The van der Waals surface area contributed by atoms with Crippen LogP contribution >= 0.6 is 22.7 Å². The van der Waals surface area contributed by atoms with E-state index in [0.29, 0.717) is 0 Å². The Labute approximate surface area is 100 Å². The molecule has 3 rings (SSSR count). The number of hydrogen-bond donors (Lipinski definition) is 2. The summed E-state index contributed by atoms with van der Waals surface area (Å²) in [5.41, 5.74) is 2.07. The second-order valence-corrected chi connectivity index (χ2v) is 5.39. The minimum absolute atomic E-state index is 0.946. The number of thiazole rings is 2. The van der Waals surface area contributed by atoms with E-state index in [4.69, 9.17) is 0 Å². The van der Waals surface area contributed by atoms with E-state index in [1.54, 1.807) is 22.7 Å². The molecule has 1 aromatic carbocycles. The lowest BCUT2D eigenvalue weighted by Crippen LogP contribution is -1.83. The van der Waals surface area contributed by atoms with Gasteiger partial charge in [-0.25, -0.2) is 9.97 Å². The van der Waals surface area contributed by atoms with E-state index in [1.807, 2.05) is 14.1 Å². The van der Waals surface area contributed by atoms with Crippen LogP contribution in [0.1, 0.15) is 0 Å². The van der Waals surface area contributed by atoms with Crippen LogP contribution in [-0.4, -0.2) is 24.1 Å². The molecule has 0 saturated heterocycles. The first-order chi connectivity index (χ1) is 7.80. The zero-order valence-corrected chi connectivity index (χ0v) is 10.5. The van der Waals surface area contributed by atoms with Gasteiger partial charge in [0.25, 0.3) is 0 Å². The molecule has 0 atom stereocenters. The molecule has 16 heavy (non-hydrogen) atoms. The predicted octanol–water partition coefficient (Wildman–Crippen LogP) is 2.99. The average Bonchev–Trinajstić information content (AvgIpc) is 2.86. The minimum Gasteiger partial charge on any atom is -0.365 e. The Balaban J connectivity index is 2.28. The summed E-state index contributed by atoms with van der Waals surface area (Å²) >= 11 is 3.30. The van der Waals surface area contributed by atoms with Crippen LogP contribution < -0.4 is 10.6 Å². The predicted molar refractivity (Wildman–Crippen MR) is 71.9 cm³/mol. The van der Waals surface area contributed by atoms with Gasteiger partial charge in [-0.2, -0.15) is 0 Å². The van der Waals surface area contributed by atoms with Crippen LogP contribution in [0.5, 0.6) is 0 Å². The molecule has 0 fully saturated rings. The van der Waals surface area contributed by atoms with Crippen molar-refractivity contribution in [2.75, 3.05) is 24.7 Å². The van der Waals surface area contributed by atoms with Crippen LogP contribution in [0.4, 0.5) is 10.3 Å². The quantitative estimate of drug-likeness (QED) is 0.734. The zero-order chi connectivity index (χ0) is 11.1. The lowest BCUT2D eigenvalue weighted by Gasteiger charge is -1.86. The molecule has 4 nitrogen and oxygen atoms in total. The van der Waals surface area contributed by atoms with Crippen molar-refractivity contribution in [3.8, 4) is 0 Å². The summed E-state index contributed by atoms with van der Waals surface area (Å²) in [5.74, 6) is 0. The van der Waals surface area contributed by atoms with E-state index < -0.39 is 0 Å². The highest BCUT2D eigenvalue weighted by Gasteiger charge is 2.08. The molecule has 0 radical (unpaired) electrons. The SMILES string of the molecule is CNc1nc2cc3sc(NC)nc3cc2s1. The summed E-state index contributed by atoms with van der Waals surface area (Å²) in [7, 11) is 3.77. The molecule has 0 saturated carbocycles. The minimum atomic E-state index is 0.946. The maximum Gasteiger partial charge on any atom is 0.183 e. The first kappa shape index (κ1) is 9.80. The fourth-order valence-electron chi connectivity index (χ4n) is 1.56. The maximum atomic E-state index is 4.48. The molecule has 2 aromatic heterocycles. The third kappa shape index (κ3) is 1.42. The summed E-state index contributed by atoms with van der Waals surface area (Å²) in [4.78, 5) is 8.96. The number of aromatic nitrogens is 2. The first-order valence-electron chi connectivity index (χ1n) is 4.87. The molecule has 0 amide bonds. The van der Waals surface area contributed by atoms with Crippen LogP contribution in [0, 0.1) is 0 Å². The van der Waals surface area contributed by atoms with Gasteiger partial charge >= 0.3 is 0 Å². The smallest absolute Gasteiger partial charge is 0.183 e. The van der Waals surface area contributed by atoms with E-state index >= 15 is 0 Å². The van der Waals surface area contributed by atoms with Gasteiger partial charge in [-0.1, -0.05) is 22.7 Å². The van der Waals surface area contributed by atoms with Crippen molar-refractivity contribution in [3.63, 3.8) is 0 Å². The Morgan fingerprint density at radius 2 is 1.31 bits per heavy atom. The topological polar surface area (TPSA) is 49.8 Å². The molecule has 3 aromatic rings. The average molecular weight is 250 g/mol. The molecule has 82 valence electrons. The molecule has 0 aliphatic rings. The van der Waals surface area contributed by atoms with Gasteiger partial charge in [-0.05, 0) is 12.1 Å². The van der Waals surface area contributed by atoms with E-state index in [9.17, 15) is 0 Å². The molecule has 0 aliphatic heterocycles. The Kier molecular flexibility index (Phi) is 2.19. The van der Waals surface area contributed by atoms with Crippen molar-refractivity contribution in [1.29, 1.82) is 0 Å². The number of nitrogens with one attached hydrogen (secondary N) is 2. The second-order valence-electron chi connectivity index (χ2n) is 3.33. The van der Waals surface area contributed by atoms with Crippen molar-refractivity contribution in [1.82, 2.24) is 9.97 Å². The third-order valence-electron chi connectivity index (χ3n) is 2.33. The highest BCUT2D eigenvalue weighted by molar-refractivity contribution is 7.23. The molecule has 0 spiro atoms. The highest BCUT2D eigenvalue weighted by Crippen LogP contribution is 2.33. The van der Waals surface area contributed by atoms with Crippen LogP contribution in [0.25, 0.3) is 20.4 Å². The summed E-state index contributed by atoms with van der Waals surface area (Å²) < 4.78 is 2.34. The summed E-state index contributed by atoms with van der Waals surface area (Å²) in [6.07, 6.45) is 0. The Bertz CT molecular complexity index is 550. The number of fused-ring (bicyclic) bond motifs is 2. The van der Waals surface area contributed by atoms with Crippen molar-refractivity contribution in [2.45, 2.75) is 0 Å². The largest absolute Gasteiger partial charge is 0.365 e. The number of benzene rings is 1. The van der Waals surface area contributed by atoms with E-state index in [0.717, 1.165) is 21.3 Å². The lowest BCUT2D eigenvalue weighted by atomic mass is 10.3. The zero-order valence-electron chi connectivity index (χ0n) is 8.87. The summed E-state index contributed by atoms with van der Waals surface area (Å²) in [6.45, 7) is 0. The van der Waals surface area contributed by atoms with E-state index in [-0.39, 0.29) is 0 Å². The highest BCUT2D eigenvalue weighted by atomic mass is 32.1. The monoisotopic (exact) mass is 250 g/mol. The number of anilines is 2. The first-order valence-corrected chi connectivity index (χ1v) is 6.50. The van der Waals surface area contributed by atoms with Gasteiger partial charge < -0.3 is 10.6 Å². The van der Waals surface area contributed by atoms with Gasteiger partial charge in [-0.3, -0.25) is 0 Å². The van der Waals surface area contributed by atoms with Gasteiger partial charge in [0, 0.05) is 14.1 Å².